The first-order chi connectivity index (χ1) is 16.6. The molecule has 0 aliphatic carbocycles. The molecule has 5 nitrogen and oxygen atoms in total. The number of fused-ring (bicyclic) bond motifs is 1. The number of aromatic nitrogens is 1. The predicted octanol–water partition coefficient (Wildman–Crippen LogP) is 5.19. The van der Waals surface area contributed by atoms with Crippen LogP contribution >= 0.6 is 0 Å². The van der Waals surface area contributed by atoms with Gasteiger partial charge in [0.2, 0.25) is 5.91 Å². The molecule has 174 valence electrons. The first-order valence-corrected chi connectivity index (χ1v) is 11.6. The van der Waals surface area contributed by atoms with E-state index in [0.717, 1.165) is 46.6 Å². The van der Waals surface area contributed by atoms with Crippen molar-refractivity contribution in [1.82, 2.24) is 9.88 Å². The molecular formula is C28H28FN3O2. The number of carbonyl (C=O) groups excluding carboxylic acids is 1. The summed E-state index contributed by atoms with van der Waals surface area (Å²) < 4.78 is 19.1. The van der Waals surface area contributed by atoms with Gasteiger partial charge < -0.3 is 19.5 Å². The van der Waals surface area contributed by atoms with Crippen LogP contribution in [-0.2, 0) is 4.79 Å². The van der Waals surface area contributed by atoms with Gasteiger partial charge >= 0.3 is 0 Å². The van der Waals surface area contributed by atoms with Crippen molar-refractivity contribution >= 4 is 22.5 Å². The highest BCUT2D eigenvalue weighted by Gasteiger charge is 2.27. The summed E-state index contributed by atoms with van der Waals surface area (Å²) >= 11 is 0. The van der Waals surface area contributed by atoms with Gasteiger partial charge in [0.05, 0.1) is 12.8 Å². The standard InChI is InChI=1S/C28H28FN3O2/c1-34-27-9-5-4-8-26(27)31-14-16-32(17-15-31)28(33)18-23(20-10-12-21(29)13-11-20)24-19-30-25-7-3-2-6-22(24)25/h2-13,19,23,30H,14-18H2,1H3/t23-/m1/s1. The number of para-hydroxylation sites is 3. The van der Waals surface area contributed by atoms with E-state index in [4.69, 9.17) is 4.74 Å². The van der Waals surface area contributed by atoms with Crippen LogP contribution in [0.4, 0.5) is 10.1 Å². The highest BCUT2D eigenvalue weighted by molar-refractivity contribution is 5.86. The third-order valence-electron chi connectivity index (χ3n) is 6.71. The van der Waals surface area contributed by atoms with Crippen molar-refractivity contribution in [2.24, 2.45) is 0 Å². The van der Waals surface area contributed by atoms with Gasteiger partial charge in [-0.1, -0.05) is 42.5 Å². The Morgan fingerprint density at radius 1 is 0.971 bits per heavy atom. The number of H-pyrrole nitrogens is 1. The second-order valence-electron chi connectivity index (χ2n) is 8.64. The number of anilines is 1. The molecule has 0 radical (unpaired) electrons. The Balaban J connectivity index is 1.35. The molecule has 4 aromatic rings. The van der Waals surface area contributed by atoms with Gasteiger partial charge in [-0.05, 0) is 41.5 Å². The molecule has 1 aliphatic rings. The summed E-state index contributed by atoms with van der Waals surface area (Å²) in [5.41, 5.74) is 4.08. The van der Waals surface area contributed by atoms with Gasteiger partial charge in [0.1, 0.15) is 11.6 Å². The summed E-state index contributed by atoms with van der Waals surface area (Å²) in [6.45, 7) is 2.81. The smallest absolute Gasteiger partial charge is 0.223 e. The van der Waals surface area contributed by atoms with Crippen molar-refractivity contribution in [3.63, 3.8) is 0 Å². The van der Waals surface area contributed by atoms with Crippen molar-refractivity contribution in [2.75, 3.05) is 38.2 Å². The average Bonchev–Trinajstić information content (AvgIpc) is 3.32. The lowest BCUT2D eigenvalue weighted by Gasteiger charge is -2.37. The highest BCUT2D eigenvalue weighted by Crippen LogP contribution is 2.34. The average molecular weight is 458 g/mol. The summed E-state index contributed by atoms with van der Waals surface area (Å²) in [7, 11) is 1.68. The maximum atomic E-state index is 13.6. The van der Waals surface area contributed by atoms with Crippen molar-refractivity contribution in [1.29, 1.82) is 0 Å². The van der Waals surface area contributed by atoms with Gasteiger partial charge in [0.15, 0.2) is 0 Å². The Morgan fingerprint density at radius 2 is 1.68 bits per heavy atom. The number of piperazine rings is 1. The Labute approximate surface area is 198 Å². The van der Waals surface area contributed by atoms with Crippen LogP contribution in [0, 0.1) is 5.82 Å². The molecule has 6 heteroatoms. The van der Waals surface area contributed by atoms with Crippen molar-refractivity contribution in [3.8, 4) is 5.75 Å². The number of hydrogen-bond donors (Lipinski definition) is 1. The molecule has 0 bridgehead atoms. The summed E-state index contributed by atoms with van der Waals surface area (Å²) in [5.74, 6) is 0.522. The van der Waals surface area contributed by atoms with Crippen molar-refractivity contribution in [2.45, 2.75) is 12.3 Å². The number of methoxy groups -OCH3 is 1. The third kappa shape index (κ3) is 4.36. The Hall–Kier alpha value is -3.80. The quantitative estimate of drug-likeness (QED) is 0.434. The molecule has 3 aromatic carbocycles. The normalized spacial score (nSPS) is 14.9. The Morgan fingerprint density at radius 3 is 2.44 bits per heavy atom. The van der Waals surface area contributed by atoms with Crippen LogP contribution in [0.3, 0.4) is 0 Å². The number of nitrogens with one attached hydrogen (secondary N) is 1. The van der Waals surface area contributed by atoms with E-state index in [1.54, 1.807) is 19.2 Å². The maximum absolute atomic E-state index is 13.6. The van der Waals surface area contributed by atoms with Gasteiger partial charge in [-0.3, -0.25) is 4.79 Å². The molecule has 1 atom stereocenters. The molecular weight excluding hydrogens is 429 g/mol. The number of ether oxygens (including phenoxy) is 1. The Bertz CT molecular complexity index is 1280. The molecule has 1 N–H and O–H groups in total. The van der Waals surface area contributed by atoms with Crippen LogP contribution in [-0.4, -0.2) is 49.1 Å². The molecule has 0 unspecified atom stereocenters. The van der Waals surface area contributed by atoms with Crippen LogP contribution in [0.15, 0.2) is 79.0 Å². The minimum absolute atomic E-state index is 0.110. The highest BCUT2D eigenvalue weighted by atomic mass is 19.1. The third-order valence-corrected chi connectivity index (χ3v) is 6.71. The molecule has 0 spiro atoms. The van der Waals surface area contributed by atoms with E-state index < -0.39 is 0 Å². The van der Waals surface area contributed by atoms with Crippen LogP contribution in [0.5, 0.6) is 5.75 Å². The SMILES string of the molecule is COc1ccccc1N1CCN(C(=O)C[C@H](c2ccc(F)cc2)c2c[nH]c3ccccc23)CC1. The summed E-state index contributed by atoms with van der Waals surface area (Å²) in [4.78, 5) is 21.0. The zero-order valence-electron chi connectivity index (χ0n) is 19.2. The molecule has 1 aliphatic heterocycles. The van der Waals surface area contributed by atoms with Gasteiger partial charge in [-0.15, -0.1) is 0 Å². The summed E-state index contributed by atoms with van der Waals surface area (Å²) in [5, 5.41) is 1.09. The van der Waals surface area contributed by atoms with Crippen molar-refractivity contribution < 1.29 is 13.9 Å². The van der Waals surface area contributed by atoms with E-state index in [1.165, 1.54) is 12.1 Å². The number of halogens is 1. The molecule has 1 amide bonds. The number of benzene rings is 3. The molecule has 2 heterocycles. The van der Waals surface area contributed by atoms with Crippen LogP contribution in [0.2, 0.25) is 0 Å². The van der Waals surface area contributed by atoms with E-state index in [0.29, 0.717) is 19.5 Å². The molecule has 1 aromatic heterocycles. The van der Waals surface area contributed by atoms with Crippen LogP contribution in [0.25, 0.3) is 10.9 Å². The van der Waals surface area contributed by atoms with Gasteiger partial charge in [-0.25, -0.2) is 4.39 Å². The topological polar surface area (TPSA) is 48.6 Å². The lowest BCUT2D eigenvalue weighted by molar-refractivity contribution is -0.131. The minimum Gasteiger partial charge on any atom is -0.495 e. The Kier molecular flexibility index (Phi) is 6.21. The van der Waals surface area contributed by atoms with E-state index >= 15 is 0 Å². The van der Waals surface area contributed by atoms with E-state index in [1.807, 2.05) is 47.5 Å². The molecule has 5 rings (SSSR count). The zero-order valence-corrected chi connectivity index (χ0v) is 19.2. The minimum atomic E-state index is -0.278. The van der Waals surface area contributed by atoms with E-state index in [-0.39, 0.29) is 17.6 Å². The monoisotopic (exact) mass is 457 g/mol. The first kappa shape index (κ1) is 22.0. The molecule has 1 fully saturated rings. The second kappa shape index (κ2) is 9.59. The number of rotatable bonds is 6. The van der Waals surface area contributed by atoms with E-state index in [2.05, 4.69) is 22.0 Å². The largest absolute Gasteiger partial charge is 0.495 e. The van der Waals surface area contributed by atoms with Crippen LogP contribution < -0.4 is 9.64 Å². The fourth-order valence-electron chi connectivity index (χ4n) is 4.88. The molecule has 34 heavy (non-hydrogen) atoms. The summed E-state index contributed by atoms with van der Waals surface area (Å²) in [6.07, 6.45) is 2.31. The number of nitrogens with zero attached hydrogens (tertiary/aromatic N) is 2. The maximum Gasteiger partial charge on any atom is 0.223 e. The fourth-order valence-corrected chi connectivity index (χ4v) is 4.88. The number of hydrogen-bond acceptors (Lipinski definition) is 3. The van der Waals surface area contributed by atoms with Gasteiger partial charge in [0, 0.05) is 55.6 Å². The fraction of sp³-hybridized carbons (Fsp3) is 0.250. The van der Waals surface area contributed by atoms with E-state index in [9.17, 15) is 9.18 Å². The lowest BCUT2D eigenvalue weighted by atomic mass is 9.87. The van der Waals surface area contributed by atoms with Crippen molar-refractivity contribution in [3.05, 3.63) is 95.9 Å². The molecule has 0 saturated carbocycles. The van der Waals surface area contributed by atoms with Crippen LogP contribution in [0.1, 0.15) is 23.5 Å². The summed E-state index contributed by atoms with van der Waals surface area (Å²) in [6, 6.07) is 22.6. The zero-order chi connectivity index (χ0) is 23.5. The lowest BCUT2D eigenvalue weighted by Crippen LogP contribution is -2.49. The van der Waals surface area contributed by atoms with Gasteiger partial charge in [0.25, 0.3) is 0 Å². The molecule has 1 saturated heterocycles. The number of carbonyl (C=O) groups is 1. The number of amides is 1. The van der Waals surface area contributed by atoms with Gasteiger partial charge in [-0.2, -0.15) is 0 Å². The number of aromatic amines is 1. The first-order valence-electron chi connectivity index (χ1n) is 11.6. The second-order valence-corrected chi connectivity index (χ2v) is 8.64. The predicted molar refractivity (Wildman–Crippen MR) is 133 cm³/mol.